The normalized spacial score (nSPS) is 17.7. The first kappa shape index (κ1) is 57.3. The number of nitrogens with one attached hydrogen (secondary N) is 2. The van der Waals surface area contributed by atoms with E-state index in [2.05, 4.69) is 22.8 Å². The van der Waals surface area contributed by atoms with Gasteiger partial charge in [-0.25, -0.2) is 9.59 Å². The average molecular weight is 996 g/mol. The highest BCUT2D eigenvalue weighted by molar-refractivity contribution is 6.02. The maximum Gasteiger partial charge on any atom is 0.410 e. The number of carbonyl (C=O) groups excluding carboxylic acids is 6. The molecule has 2 aliphatic rings. The van der Waals surface area contributed by atoms with E-state index in [-0.39, 0.29) is 43.1 Å². The van der Waals surface area contributed by atoms with E-state index in [4.69, 9.17) is 18.9 Å². The number of hydrogen-bond donors (Lipinski definition) is 2. The number of nitrogens with zero attached hydrogens (tertiary/aromatic N) is 3. The summed E-state index contributed by atoms with van der Waals surface area (Å²) in [6, 6.07) is 22.8. The number of ether oxygens (including phenoxy) is 4. The number of likely N-dealkylation sites (tertiary alicyclic amines) is 1. The molecule has 1 heterocycles. The van der Waals surface area contributed by atoms with E-state index in [1.165, 1.54) is 19.1 Å². The zero-order chi connectivity index (χ0) is 53.2. The van der Waals surface area contributed by atoms with Gasteiger partial charge in [0.15, 0.2) is 0 Å². The lowest BCUT2D eigenvalue weighted by atomic mass is 9.87. The van der Waals surface area contributed by atoms with Crippen LogP contribution in [0.5, 0.6) is 0 Å². The van der Waals surface area contributed by atoms with Crippen LogP contribution >= 0.6 is 0 Å². The van der Waals surface area contributed by atoms with Crippen molar-refractivity contribution in [2.24, 2.45) is 17.8 Å². The molecule has 15 nitrogen and oxygen atoms in total. The van der Waals surface area contributed by atoms with Gasteiger partial charge in [-0.3, -0.25) is 34.3 Å². The second kappa shape index (κ2) is 24.9. The first-order chi connectivity index (χ1) is 34.0. The molecule has 1 aliphatic carbocycles. The van der Waals surface area contributed by atoms with Crippen molar-refractivity contribution in [2.75, 3.05) is 41.5 Å². The lowest BCUT2D eigenvalue weighted by Gasteiger charge is -2.43. The largest absolute Gasteiger partial charge is 0.458 e. The highest BCUT2D eigenvalue weighted by atomic mass is 16.6. The van der Waals surface area contributed by atoms with Gasteiger partial charge in [-0.1, -0.05) is 120 Å². The minimum atomic E-state index is -1.48. The summed E-state index contributed by atoms with van der Waals surface area (Å²) in [5.41, 5.74) is 2.94. The maximum absolute atomic E-state index is 14.6. The average Bonchev–Trinajstić information content (AvgIpc) is 3.95. The molecule has 0 saturated carbocycles. The van der Waals surface area contributed by atoms with Gasteiger partial charge in [-0.2, -0.15) is 0 Å². The molecule has 0 unspecified atom stereocenters. The molecule has 15 heteroatoms. The van der Waals surface area contributed by atoms with Crippen LogP contribution in [-0.2, 0) is 49.3 Å². The topological polar surface area (TPSA) is 173 Å². The molecule has 0 bridgehead atoms. The smallest absolute Gasteiger partial charge is 0.410 e. The lowest BCUT2D eigenvalue weighted by molar-refractivity contribution is -0.159. The van der Waals surface area contributed by atoms with Crippen LogP contribution in [0.25, 0.3) is 11.1 Å². The first-order valence-electron chi connectivity index (χ1n) is 25.5. The lowest BCUT2D eigenvalue weighted by Crippen LogP contribution is -2.62. The summed E-state index contributed by atoms with van der Waals surface area (Å²) in [7, 11) is 6.38. The SMILES string of the molecule is CC[C@H](C)[C@@H]([C@@H](CC(=O)N1CCC[C@H]1[C@H](OC)[C@@H](C)C(=O)N[C@@H](Cc1ccccc1)C(=O)OC(C)(C)C)OC)N(C)[C@H](C(=O)NC(=O)C(C)(C)N(C)C(=O)OCC1c2ccccc2-c2ccccc21)C(C)C. The Balaban J connectivity index is 1.26. The van der Waals surface area contributed by atoms with Crippen molar-refractivity contribution in [3.05, 3.63) is 95.6 Å². The summed E-state index contributed by atoms with van der Waals surface area (Å²) < 4.78 is 23.8. The second-order valence-electron chi connectivity index (χ2n) is 21.5. The van der Waals surface area contributed by atoms with Gasteiger partial charge in [0, 0.05) is 46.2 Å². The molecular weight excluding hydrogens is 915 g/mol. The number of imide groups is 1. The van der Waals surface area contributed by atoms with Crippen molar-refractivity contribution < 1.29 is 47.7 Å². The van der Waals surface area contributed by atoms with Crippen LogP contribution in [0.15, 0.2) is 78.9 Å². The van der Waals surface area contributed by atoms with Crippen LogP contribution < -0.4 is 10.6 Å². The monoisotopic (exact) mass is 996 g/mol. The Bertz CT molecular complexity index is 2300. The van der Waals surface area contributed by atoms with Gasteiger partial charge < -0.3 is 29.2 Å². The van der Waals surface area contributed by atoms with Gasteiger partial charge >= 0.3 is 12.1 Å². The standard InChI is InChI=1S/C57H81N5O10/c1-15-36(4)49(46(69-13)33-47(63)62-31-23-30-45(62)50(70-14)37(5)51(64)58-44(53(66)72-56(6,7)8)32-38-24-17-16-18-25-38)60(11)48(35(2)3)52(65)59-54(67)57(9,10)61(12)55(68)71-34-43-41-28-21-19-26-39(41)40-27-20-22-29-42(40)43/h16-22,24-29,35-37,43-46,48-50H,15,23,30-34H2,1-14H3,(H,58,64)(H,59,65,67)/t36-,37+,44-,45-,46+,48-,49-,50+/m0/s1. The molecule has 0 aromatic heterocycles. The fourth-order valence-corrected chi connectivity index (χ4v) is 10.5. The third-order valence-corrected chi connectivity index (χ3v) is 14.8. The van der Waals surface area contributed by atoms with Crippen LogP contribution in [0.2, 0.25) is 0 Å². The van der Waals surface area contributed by atoms with E-state index >= 15 is 0 Å². The number of benzene rings is 3. The van der Waals surface area contributed by atoms with E-state index < -0.39 is 83.2 Å². The molecular formula is C57H81N5O10. The predicted molar refractivity (Wildman–Crippen MR) is 278 cm³/mol. The van der Waals surface area contributed by atoms with Crippen molar-refractivity contribution in [2.45, 2.75) is 155 Å². The Morgan fingerprint density at radius 2 is 1.38 bits per heavy atom. The zero-order valence-electron chi connectivity index (χ0n) is 45.2. The van der Waals surface area contributed by atoms with Crippen LogP contribution in [-0.4, -0.2) is 139 Å². The van der Waals surface area contributed by atoms with Gasteiger partial charge in [0.05, 0.1) is 36.6 Å². The van der Waals surface area contributed by atoms with Crippen molar-refractivity contribution in [1.29, 1.82) is 0 Å². The molecule has 0 radical (unpaired) electrons. The first-order valence-corrected chi connectivity index (χ1v) is 25.5. The molecule has 8 atom stereocenters. The van der Waals surface area contributed by atoms with Crippen molar-refractivity contribution >= 4 is 35.7 Å². The number of amides is 5. The molecule has 3 aromatic rings. The van der Waals surface area contributed by atoms with Crippen LogP contribution in [0.1, 0.15) is 118 Å². The Hall–Kier alpha value is -5.64. The molecule has 2 N–H and O–H groups in total. The Morgan fingerprint density at radius 1 is 0.792 bits per heavy atom. The fraction of sp³-hybridized carbons (Fsp3) is 0.579. The molecule has 394 valence electrons. The molecule has 5 amide bonds. The van der Waals surface area contributed by atoms with E-state index in [1.807, 2.05) is 106 Å². The quantitative estimate of drug-likeness (QED) is 0.0942. The van der Waals surface area contributed by atoms with E-state index in [1.54, 1.807) is 53.6 Å². The van der Waals surface area contributed by atoms with Crippen LogP contribution in [0.3, 0.4) is 0 Å². The number of fused-ring (bicyclic) bond motifs is 3. The minimum Gasteiger partial charge on any atom is -0.458 e. The highest BCUT2D eigenvalue weighted by Crippen LogP contribution is 2.44. The summed E-state index contributed by atoms with van der Waals surface area (Å²) in [5.74, 6) is -3.61. The van der Waals surface area contributed by atoms with Crippen LogP contribution in [0, 0.1) is 17.8 Å². The van der Waals surface area contributed by atoms with Crippen LogP contribution in [0.4, 0.5) is 4.79 Å². The number of rotatable bonds is 22. The molecule has 5 rings (SSSR count). The molecule has 1 fully saturated rings. The number of likely N-dealkylation sites (N-methyl/N-ethyl adjacent to an activating group) is 2. The molecule has 0 spiro atoms. The summed E-state index contributed by atoms with van der Waals surface area (Å²) in [6.45, 7) is 18.6. The van der Waals surface area contributed by atoms with Gasteiger partial charge in [-0.05, 0) is 94.2 Å². The second-order valence-corrected chi connectivity index (χ2v) is 21.5. The van der Waals surface area contributed by atoms with E-state index in [0.717, 1.165) is 27.8 Å². The van der Waals surface area contributed by atoms with Gasteiger partial charge in [0.25, 0.3) is 5.91 Å². The molecule has 3 aromatic carbocycles. The van der Waals surface area contributed by atoms with Gasteiger partial charge in [0.1, 0.15) is 23.8 Å². The van der Waals surface area contributed by atoms with E-state index in [0.29, 0.717) is 25.8 Å². The third-order valence-electron chi connectivity index (χ3n) is 14.8. The summed E-state index contributed by atoms with van der Waals surface area (Å²) in [6.07, 6.45) is 0.141. The van der Waals surface area contributed by atoms with Crippen molar-refractivity contribution in [3.8, 4) is 11.1 Å². The Kier molecular flexibility index (Phi) is 19.8. The minimum absolute atomic E-state index is 0.0233. The fourth-order valence-electron chi connectivity index (χ4n) is 10.5. The molecule has 1 saturated heterocycles. The zero-order valence-corrected chi connectivity index (χ0v) is 45.2. The van der Waals surface area contributed by atoms with Gasteiger partial charge in [-0.15, -0.1) is 0 Å². The number of esters is 1. The molecule has 1 aliphatic heterocycles. The maximum atomic E-state index is 14.6. The Labute approximate surface area is 428 Å². The Morgan fingerprint density at radius 3 is 1.92 bits per heavy atom. The predicted octanol–water partition coefficient (Wildman–Crippen LogP) is 7.78. The number of methoxy groups -OCH3 is 2. The molecule has 72 heavy (non-hydrogen) atoms. The summed E-state index contributed by atoms with van der Waals surface area (Å²) >= 11 is 0. The number of hydrogen-bond acceptors (Lipinski definition) is 11. The summed E-state index contributed by atoms with van der Waals surface area (Å²) in [5, 5.41) is 5.56. The van der Waals surface area contributed by atoms with E-state index in [9.17, 15) is 28.8 Å². The van der Waals surface area contributed by atoms with Crippen molar-refractivity contribution in [1.82, 2.24) is 25.3 Å². The third kappa shape index (κ3) is 13.5. The number of carbonyl (C=O) groups is 6. The highest BCUT2D eigenvalue weighted by Gasteiger charge is 2.45. The van der Waals surface area contributed by atoms with Gasteiger partial charge in [0.2, 0.25) is 17.7 Å². The summed E-state index contributed by atoms with van der Waals surface area (Å²) in [4.78, 5) is 89.0. The van der Waals surface area contributed by atoms with Crippen molar-refractivity contribution in [3.63, 3.8) is 0 Å².